The van der Waals surface area contributed by atoms with Crippen LogP contribution in [0.5, 0.6) is 5.75 Å². The Balaban J connectivity index is 2.08. The average molecular weight is 300 g/mol. The maximum absolute atomic E-state index is 9.41. The smallest absolute Gasteiger partial charge is 0.231 e. The van der Waals surface area contributed by atoms with Crippen LogP contribution < -0.4 is 0 Å². The first-order valence-electron chi connectivity index (χ1n) is 6.20. The van der Waals surface area contributed by atoms with Gasteiger partial charge in [-0.25, -0.2) is 4.98 Å². The van der Waals surface area contributed by atoms with Crippen molar-refractivity contribution in [1.82, 2.24) is 9.88 Å². The first-order chi connectivity index (χ1) is 9.95. The van der Waals surface area contributed by atoms with E-state index in [0.29, 0.717) is 10.8 Å². The predicted molar refractivity (Wildman–Crippen MR) is 86.9 cm³/mol. The van der Waals surface area contributed by atoms with Gasteiger partial charge in [-0.05, 0) is 30.4 Å². The lowest BCUT2D eigenvalue weighted by atomic mass is 10.3. The largest absolute Gasteiger partial charge is 0.508 e. The fourth-order valence-corrected chi connectivity index (χ4v) is 2.25. The number of thiazole rings is 1. The van der Waals surface area contributed by atoms with Crippen molar-refractivity contribution in [2.24, 2.45) is 10.2 Å². The van der Waals surface area contributed by atoms with Crippen molar-refractivity contribution in [3.8, 4) is 5.75 Å². The van der Waals surface area contributed by atoms with Crippen LogP contribution in [0.1, 0.15) is 0 Å². The zero-order valence-corrected chi connectivity index (χ0v) is 12.8. The molecule has 0 saturated carbocycles. The van der Waals surface area contributed by atoms with Gasteiger partial charge in [-0.3, -0.25) is 0 Å². The second-order valence-corrected chi connectivity index (χ2v) is 5.57. The zero-order chi connectivity index (χ0) is 15.4. The van der Waals surface area contributed by atoms with Crippen LogP contribution in [0.3, 0.4) is 0 Å². The minimum atomic E-state index is 0.212. The van der Waals surface area contributed by atoms with E-state index >= 15 is 0 Å². The molecule has 21 heavy (non-hydrogen) atoms. The van der Waals surface area contributed by atoms with Gasteiger partial charge >= 0.3 is 0 Å². The van der Waals surface area contributed by atoms with Crippen molar-refractivity contribution >= 4 is 26.7 Å². The highest BCUT2D eigenvalue weighted by Crippen LogP contribution is 2.30. The number of fused-ring (bicyclic) bond motifs is 1. The van der Waals surface area contributed by atoms with Gasteiger partial charge in [0.15, 0.2) is 0 Å². The van der Waals surface area contributed by atoms with Crippen molar-refractivity contribution < 1.29 is 5.11 Å². The molecule has 0 aliphatic rings. The zero-order valence-electron chi connectivity index (χ0n) is 11.9. The number of phenols is 1. The SMILES string of the molecule is C=C(/C=C\C(=C)N(C)C)N=Nc1nc2ccc(O)cc2s1. The van der Waals surface area contributed by atoms with Crippen LogP contribution >= 0.6 is 11.3 Å². The van der Waals surface area contributed by atoms with Crippen molar-refractivity contribution in [1.29, 1.82) is 0 Å². The summed E-state index contributed by atoms with van der Waals surface area (Å²) in [6.45, 7) is 7.67. The van der Waals surface area contributed by atoms with E-state index in [1.165, 1.54) is 11.3 Å². The number of phenolic OH excluding ortho intramolecular Hbond substituents is 1. The summed E-state index contributed by atoms with van der Waals surface area (Å²) in [5.41, 5.74) is 2.15. The Morgan fingerprint density at radius 2 is 2.10 bits per heavy atom. The highest BCUT2D eigenvalue weighted by Gasteiger charge is 2.03. The lowest BCUT2D eigenvalue weighted by Crippen LogP contribution is -2.07. The second kappa shape index (κ2) is 6.32. The minimum absolute atomic E-state index is 0.212. The Labute approximate surface area is 127 Å². The third-order valence-electron chi connectivity index (χ3n) is 2.67. The molecule has 0 aliphatic carbocycles. The van der Waals surface area contributed by atoms with E-state index in [2.05, 4.69) is 28.4 Å². The molecule has 2 aromatic rings. The number of nitrogens with zero attached hydrogens (tertiary/aromatic N) is 4. The van der Waals surface area contributed by atoms with Gasteiger partial charge in [0.25, 0.3) is 0 Å². The summed E-state index contributed by atoms with van der Waals surface area (Å²) in [5, 5.41) is 18.0. The molecule has 0 radical (unpaired) electrons. The summed E-state index contributed by atoms with van der Waals surface area (Å²) in [6, 6.07) is 5.00. The number of rotatable bonds is 5. The summed E-state index contributed by atoms with van der Waals surface area (Å²) >= 11 is 1.36. The van der Waals surface area contributed by atoms with E-state index in [1.54, 1.807) is 24.3 Å². The Kier molecular flexibility index (Phi) is 4.49. The van der Waals surface area contributed by atoms with Gasteiger partial charge < -0.3 is 10.0 Å². The quantitative estimate of drug-likeness (QED) is 0.664. The van der Waals surface area contributed by atoms with E-state index in [0.717, 1.165) is 15.9 Å². The Hall–Kier alpha value is -2.47. The van der Waals surface area contributed by atoms with Gasteiger partial charge in [0.1, 0.15) is 5.75 Å². The Bertz CT molecular complexity index is 743. The fourth-order valence-electron chi connectivity index (χ4n) is 1.43. The summed E-state index contributed by atoms with van der Waals surface area (Å²) in [7, 11) is 3.82. The molecule has 0 aliphatic heterocycles. The molecule has 0 amide bonds. The third kappa shape index (κ3) is 4.00. The van der Waals surface area contributed by atoms with E-state index in [1.807, 2.05) is 25.1 Å². The van der Waals surface area contributed by atoms with Crippen LogP contribution in [-0.2, 0) is 0 Å². The standard InChI is InChI=1S/C15H16N4OS/c1-10(5-6-11(2)19(3)4)17-18-15-16-13-8-7-12(20)9-14(13)21-15/h5-9,20H,1-2H2,3-4H3/b6-5-,18-17?. The topological polar surface area (TPSA) is 61.1 Å². The van der Waals surface area contributed by atoms with Gasteiger partial charge in [0, 0.05) is 19.8 Å². The lowest BCUT2D eigenvalue weighted by Gasteiger charge is -2.10. The molecule has 1 aromatic carbocycles. The Morgan fingerprint density at radius 3 is 2.81 bits per heavy atom. The van der Waals surface area contributed by atoms with E-state index in [4.69, 9.17) is 0 Å². The summed E-state index contributed by atoms with van der Waals surface area (Å²) in [6.07, 6.45) is 3.56. The van der Waals surface area contributed by atoms with E-state index in [9.17, 15) is 5.11 Å². The van der Waals surface area contributed by atoms with Crippen LogP contribution in [0.4, 0.5) is 5.13 Å². The second-order valence-electron chi connectivity index (χ2n) is 4.56. The molecule has 0 bridgehead atoms. The molecule has 6 heteroatoms. The number of azo groups is 1. The van der Waals surface area contributed by atoms with Gasteiger partial charge in [-0.1, -0.05) is 24.5 Å². The predicted octanol–water partition coefficient (Wildman–Crippen LogP) is 4.23. The molecular formula is C15H16N4OS. The maximum atomic E-state index is 9.41. The van der Waals surface area contributed by atoms with Gasteiger partial charge in [0.2, 0.25) is 5.13 Å². The molecule has 1 aromatic heterocycles. The number of hydrogen-bond acceptors (Lipinski definition) is 6. The summed E-state index contributed by atoms with van der Waals surface area (Å²) in [5.74, 6) is 0.212. The number of benzene rings is 1. The van der Waals surface area contributed by atoms with Gasteiger partial charge in [-0.15, -0.1) is 10.2 Å². The molecule has 0 atom stereocenters. The average Bonchev–Trinajstić information content (AvgIpc) is 2.84. The first-order valence-corrected chi connectivity index (χ1v) is 7.02. The van der Waals surface area contributed by atoms with Crippen LogP contribution in [-0.4, -0.2) is 29.1 Å². The molecule has 0 spiro atoms. The van der Waals surface area contributed by atoms with E-state index < -0.39 is 0 Å². The highest BCUT2D eigenvalue weighted by atomic mass is 32.1. The lowest BCUT2D eigenvalue weighted by molar-refractivity contribution is 0.476. The maximum Gasteiger partial charge on any atom is 0.231 e. The van der Waals surface area contributed by atoms with Gasteiger partial charge in [0.05, 0.1) is 15.9 Å². The van der Waals surface area contributed by atoms with Crippen molar-refractivity contribution in [2.75, 3.05) is 14.1 Å². The van der Waals surface area contributed by atoms with Crippen molar-refractivity contribution in [3.05, 3.63) is 54.9 Å². The third-order valence-corrected chi connectivity index (χ3v) is 3.57. The van der Waals surface area contributed by atoms with Crippen LogP contribution in [0.2, 0.25) is 0 Å². The molecule has 1 heterocycles. The minimum Gasteiger partial charge on any atom is -0.508 e. The number of aromatic nitrogens is 1. The molecule has 108 valence electrons. The number of aromatic hydroxyl groups is 1. The van der Waals surface area contributed by atoms with Crippen molar-refractivity contribution in [3.63, 3.8) is 0 Å². The van der Waals surface area contributed by atoms with Crippen LogP contribution in [0, 0.1) is 0 Å². The number of allylic oxidation sites excluding steroid dienone is 2. The molecule has 0 unspecified atom stereocenters. The molecule has 5 nitrogen and oxygen atoms in total. The summed E-state index contributed by atoms with van der Waals surface area (Å²) in [4.78, 5) is 6.20. The summed E-state index contributed by atoms with van der Waals surface area (Å²) < 4.78 is 0.867. The number of likely N-dealkylation sites (N-methyl/N-ethyl adjacent to an activating group) is 1. The van der Waals surface area contributed by atoms with Crippen molar-refractivity contribution in [2.45, 2.75) is 0 Å². The van der Waals surface area contributed by atoms with E-state index in [-0.39, 0.29) is 5.75 Å². The normalized spacial score (nSPS) is 11.5. The van der Waals surface area contributed by atoms with Gasteiger partial charge in [-0.2, -0.15) is 0 Å². The number of hydrogen-bond donors (Lipinski definition) is 1. The van der Waals surface area contributed by atoms with Crippen LogP contribution in [0.25, 0.3) is 10.2 Å². The molecule has 1 N–H and O–H groups in total. The highest BCUT2D eigenvalue weighted by molar-refractivity contribution is 7.21. The van der Waals surface area contributed by atoms with Crippen LogP contribution in [0.15, 0.2) is 65.1 Å². The monoisotopic (exact) mass is 300 g/mol. The Morgan fingerprint density at radius 1 is 1.33 bits per heavy atom. The first kappa shape index (κ1) is 14.9. The molecule has 0 saturated heterocycles. The molecular weight excluding hydrogens is 284 g/mol. The molecule has 2 rings (SSSR count). The fraction of sp³-hybridized carbons (Fsp3) is 0.133. The molecule has 0 fully saturated rings.